The minimum absolute atomic E-state index is 0.758. The summed E-state index contributed by atoms with van der Waals surface area (Å²) in [6, 6.07) is -1.47. The van der Waals surface area contributed by atoms with Gasteiger partial charge in [-0.1, -0.05) is 0 Å². The molecule has 7 N–H and O–H groups in total. The number of aliphatic hydroxyl groups excluding tert-OH is 4. The summed E-state index contributed by atoms with van der Waals surface area (Å²) in [7, 11) is -0.758. The van der Waals surface area contributed by atoms with Gasteiger partial charge in [0.2, 0.25) is 0 Å². The van der Waals surface area contributed by atoms with E-state index in [-0.39, 0.29) is 0 Å². The van der Waals surface area contributed by atoms with E-state index >= 15 is 0 Å². The predicted molar refractivity (Wildman–Crippen MR) is 70.6 cm³/mol. The zero-order valence-corrected chi connectivity index (χ0v) is 12.5. The predicted octanol–water partition coefficient (Wildman–Crippen LogP) is -3.64. The zero-order valence-electron chi connectivity index (χ0n) is 11.6. The second kappa shape index (κ2) is 8.00. The molecule has 23 heavy (non-hydrogen) atoms. The molecule has 1 aliphatic rings. The van der Waals surface area contributed by atoms with Gasteiger partial charge in [-0.15, -0.1) is 0 Å². The molecule has 0 bridgehead atoms. The maximum atomic E-state index is 11.4. The third-order valence-corrected chi connectivity index (χ3v) is 3.58. The van der Waals surface area contributed by atoms with E-state index in [9.17, 15) is 34.6 Å². The number of carbonyl (C=O) groups excluding carboxylic acids is 1. The number of ether oxygens (including phenoxy) is 1. The van der Waals surface area contributed by atoms with Crippen LogP contribution in [0.5, 0.6) is 0 Å². The Morgan fingerprint density at radius 2 is 2.04 bits per heavy atom. The SMILES string of the molecule is O=P#CC(=O)N[C@H]1[C@H]([C@H](O)[C@H](O)CO)OC(O)(C(=O)O)C[C@@H]1O. The second-order valence-corrected chi connectivity index (χ2v) is 5.29. The Balaban J connectivity index is 3.13. The Morgan fingerprint density at radius 3 is 2.52 bits per heavy atom. The topological polar surface area (TPSA) is 194 Å². The first-order chi connectivity index (χ1) is 10.7. The number of hydrogen-bond donors (Lipinski definition) is 7. The van der Waals surface area contributed by atoms with Crippen LogP contribution < -0.4 is 5.32 Å². The summed E-state index contributed by atoms with van der Waals surface area (Å²) in [5.41, 5.74) is 1.79. The van der Waals surface area contributed by atoms with Gasteiger partial charge >= 0.3 is 130 Å². The van der Waals surface area contributed by atoms with Crippen LogP contribution in [-0.2, 0) is 18.9 Å². The Kier molecular flexibility index (Phi) is 6.87. The normalized spacial score (nSPS) is 33.2. The van der Waals surface area contributed by atoms with Crippen molar-refractivity contribution in [2.45, 2.75) is 42.7 Å². The van der Waals surface area contributed by atoms with Crippen molar-refractivity contribution in [3.05, 3.63) is 0 Å². The van der Waals surface area contributed by atoms with Crippen molar-refractivity contribution in [2.75, 3.05) is 6.61 Å². The van der Waals surface area contributed by atoms with E-state index in [0.717, 1.165) is 0 Å². The molecule has 1 aliphatic heterocycles. The molecule has 1 unspecified atom stereocenters. The van der Waals surface area contributed by atoms with Gasteiger partial charge in [-0.2, -0.15) is 0 Å². The van der Waals surface area contributed by atoms with Crippen molar-refractivity contribution in [2.24, 2.45) is 0 Å². The molecule has 0 aliphatic carbocycles. The van der Waals surface area contributed by atoms with E-state index in [1.165, 1.54) is 0 Å². The molecule has 1 fully saturated rings. The molecule has 0 aromatic heterocycles. The Bertz CT molecular complexity index is 564. The molecule has 1 saturated heterocycles. The monoisotopic (exact) mass is 353 g/mol. The van der Waals surface area contributed by atoms with Crippen LogP contribution in [0.15, 0.2) is 0 Å². The van der Waals surface area contributed by atoms with Crippen molar-refractivity contribution >= 4 is 19.8 Å². The molecule has 1 amide bonds. The van der Waals surface area contributed by atoms with Crippen molar-refractivity contribution in [3.63, 3.8) is 0 Å². The number of carboxylic acids is 1. The molecular weight excluding hydrogens is 337 g/mol. The first-order valence-corrected chi connectivity index (χ1v) is 7.15. The summed E-state index contributed by atoms with van der Waals surface area (Å²) >= 11 is 0. The van der Waals surface area contributed by atoms with Crippen LogP contribution in [0.2, 0.25) is 0 Å². The van der Waals surface area contributed by atoms with E-state index in [2.05, 4.69) is 5.32 Å². The van der Waals surface area contributed by atoms with E-state index in [1.807, 2.05) is 0 Å². The quantitative estimate of drug-likeness (QED) is 0.242. The number of nitrogens with one attached hydrogen (secondary N) is 1. The maximum absolute atomic E-state index is 11.4. The van der Waals surface area contributed by atoms with Gasteiger partial charge in [-0.3, -0.25) is 0 Å². The average Bonchev–Trinajstić information content (AvgIpc) is 2.48. The van der Waals surface area contributed by atoms with Gasteiger partial charge < -0.3 is 0 Å². The molecule has 0 aromatic carbocycles. The van der Waals surface area contributed by atoms with Crippen LogP contribution in [0.3, 0.4) is 0 Å². The van der Waals surface area contributed by atoms with Crippen LogP contribution >= 0.6 is 7.92 Å². The van der Waals surface area contributed by atoms with Gasteiger partial charge in [-0.05, 0) is 0 Å². The minimum atomic E-state index is -2.87. The Labute approximate surface area is 130 Å². The summed E-state index contributed by atoms with van der Waals surface area (Å²) in [5, 5.41) is 59.0. The van der Waals surface area contributed by atoms with Gasteiger partial charge in [0.15, 0.2) is 0 Å². The van der Waals surface area contributed by atoms with Crippen molar-refractivity contribution < 1.29 is 49.5 Å². The molecule has 12 heteroatoms. The van der Waals surface area contributed by atoms with E-state index in [1.54, 1.807) is 5.63 Å². The van der Waals surface area contributed by atoms with Gasteiger partial charge in [-0.25, -0.2) is 0 Å². The van der Waals surface area contributed by atoms with Crippen molar-refractivity contribution in [3.8, 4) is 5.63 Å². The van der Waals surface area contributed by atoms with E-state index in [0.29, 0.717) is 0 Å². The summed E-state index contributed by atoms with van der Waals surface area (Å²) in [6.45, 7) is -0.930. The summed E-state index contributed by atoms with van der Waals surface area (Å²) in [4.78, 5) is 22.4. The number of carboxylic acid groups (broad SMARTS) is 1. The zero-order chi connectivity index (χ0) is 17.8. The van der Waals surface area contributed by atoms with Gasteiger partial charge in [0.25, 0.3) is 0 Å². The number of aliphatic hydroxyl groups is 5. The molecular formula is C11H16NO10P. The fraction of sp³-hybridized carbons (Fsp3) is 0.727. The van der Waals surface area contributed by atoms with Gasteiger partial charge in [0, 0.05) is 0 Å². The standard InChI is InChI=1S/C11H16NO10P/c13-2-5(15)8(17)9-7(12-6(16)3-23-21)4(14)1-11(20,22-9)10(18)19/h4-5,7-9,13-15,17,20H,1-2H2,(H,12,16)(H,18,19)/t4-,5+,7+,8+,9+,11?/m0/s1. The third kappa shape index (κ3) is 4.60. The van der Waals surface area contributed by atoms with Crippen molar-refractivity contribution in [1.29, 1.82) is 0 Å². The fourth-order valence-electron chi connectivity index (χ4n) is 2.13. The molecule has 0 radical (unpaired) electrons. The average molecular weight is 353 g/mol. The Hall–Kier alpha value is -1.29. The van der Waals surface area contributed by atoms with Crippen molar-refractivity contribution in [1.82, 2.24) is 5.32 Å². The third-order valence-electron chi connectivity index (χ3n) is 3.28. The molecule has 6 atom stereocenters. The number of amides is 1. The van der Waals surface area contributed by atoms with Crippen LogP contribution in [0.1, 0.15) is 6.42 Å². The van der Waals surface area contributed by atoms with E-state index in [4.69, 9.17) is 14.9 Å². The summed E-state index contributed by atoms with van der Waals surface area (Å²) in [6.07, 6.45) is -8.06. The fourth-order valence-corrected chi connectivity index (χ4v) is 2.27. The first-order valence-electron chi connectivity index (χ1n) is 6.33. The van der Waals surface area contributed by atoms with Gasteiger partial charge in [0.05, 0.1) is 0 Å². The molecule has 130 valence electrons. The van der Waals surface area contributed by atoms with Crippen LogP contribution in [0, 0.1) is 5.63 Å². The number of hydrogen-bond acceptors (Lipinski definition) is 9. The molecule has 0 aromatic rings. The summed E-state index contributed by atoms with van der Waals surface area (Å²) in [5.74, 6) is -5.77. The molecule has 0 saturated carbocycles. The molecule has 0 spiro atoms. The molecule has 11 nitrogen and oxygen atoms in total. The van der Waals surface area contributed by atoms with E-state index < -0.39 is 69.1 Å². The first kappa shape index (κ1) is 19.8. The number of rotatable bonds is 5. The van der Waals surface area contributed by atoms with Crippen LogP contribution in [0.25, 0.3) is 0 Å². The van der Waals surface area contributed by atoms with Crippen LogP contribution in [-0.4, -0.2) is 85.4 Å². The second-order valence-electron chi connectivity index (χ2n) is 4.89. The number of carbonyl (C=O) groups is 2. The van der Waals surface area contributed by atoms with Gasteiger partial charge in [0.1, 0.15) is 0 Å². The van der Waals surface area contributed by atoms with Crippen LogP contribution in [0.4, 0.5) is 0 Å². The Morgan fingerprint density at radius 1 is 1.43 bits per heavy atom. The molecule has 1 rings (SSSR count). The number of aliphatic carboxylic acids is 1. The summed E-state index contributed by atoms with van der Waals surface area (Å²) < 4.78 is 15.1. The molecule has 1 heterocycles.